The van der Waals surface area contributed by atoms with Crippen LogP contribution in [0.3, 0.4) is 0 Å². The molecule has 21 heteroatoms. The minimum atomic E-state index is -3.99. The number of amides is 1. The Kier molecular flexibility index (Phi) is 14.9. The van der Waals surface area contributed by atoms with Crippen molar-refractivity contribution in [1.82, 2.24) is 53.4 Å². The molecule has 0 bridgehead atoms. The van der Waals surface area contributed by atoms with Gasteiger partial charge in [-0.1, -0.05) is 20.3 Å². The van der Waals surface area contributed by atoms with Gasteiger partial charge in [0.1, 0.15) is 24.1 Å². The van der Waals surface area contributed by atoms with Crippen molar-refractivity contribution in [1.29, 1.82) is 0 Å². The van der Waals surface area contributed by atoms with Gasteiger partial charge in [-0.2, -0.15) is 14.6 Å². The molecule has 2 aromatic carbocycles. The fraction of sp³-hybridized carbons (Fsp3) is 0.452. The molecule has 0 spiro atoms. The number of carbonyl (C=O) groups excluding carboxylic acids is 2. The summed E-state index contributed by atoms with van der Waals surface area (Å²) in [6.07, 6.45) is 7.41. The van der Waals surface area contributed by atoms with Gasteiger partial charge in [-0.05, 0) is 69.6 Å². The Labute approximate surface area is 365 Å². The first-order chi connectivity index (χ1) is 30.2. The van der Waals surface area contributed by atoms with E-state index in [0.29, 0.717) is 52.9 Å². The topological polar surface area (TPSA) is 210 Å². The van der Waals surface area contributed by atoms with Crippen LogP contribution in [0, 0.1) is 5.82 Å². The average molecular weight is 890 g/mol. The van der Waals surface area contributed by atoms with Gasteiger partial charge in [0.05, 0.1) is 40.0 Å². The third-order valence-electron chi connectivity index (χ3n) is 10.6. The number of aromatic amines is 1. The van der Waals surface area contributed by atoms with Crippen LogP contribution in [-0.2, 0) is 26.7 Å². The number of nitrogens with one attached hydrogen (secondary N) is 3. The Bertz CT molecular complexity index is 2690. The van der Waals surface area contributed by atoms with Crippen LogP contribution < -0.4 is 26.0 Å². The minimum Gasteiger partial charge on any atom is -0.485 e. The van der Waals surface area contributed by atoms with Crippen molar-refractivity contribution < 1.29 is 27.1 Å². The number of fused-ring (bicyclic) bond motifs is 2. The summed E-state index contributed by atoms with van der Waals surface area (Å²) in [5.41, 5.74) is 3.47. The Morgan fingerprint density at radius 3 is 2.49 bits per heavy atom. The number of hydrogen-bond acceptors (Lipinski definition) is 13. The van der Waals surface area contributed by atoms with E-state index in [9.17, 15) is 22.8 Å². The Balaban J connectivity index is 0.00000214. The molecular weight excluding hydrogens is 834 g/mol. The molecule has 1 aliphatic heterocycles. The van der Waals surface area contributed by atoms with E-state index in [4.69, 9.17) is 4.74 Å². The van der Waals surface area contributed by atoms with Gasteiger partial charge >= 0.3 is 5.69 Å². The highest BCUT2D eigenvalue weighted by molar-refractivity contribution is 7.89. The van der Waals surface area contributed by atoms with Gasteiger partial charge in [0.2, 0.25) is 27.5 Å². The molecular formula is C42H56FN13O6S. The fourth-order valence-electron chi connectivity index (χ4n) is 7.27. The van der Waals surface area contributed by atoms with Crippen molar-refractivity contribution >= 4 is 56.2 Å². The summed E-state index contributed by atoms with van der Waals surface area (Å²) in [6, 6.07) is 8.62. The number of benzene rings is 2. The molecule has 63 heavy (non-hydrogen) atoms. The number of imidazole rings is 1. The predicted octanol–water partition coefficient (Wildman–Crippen LogP) is 4.35. The molecule has 338 valence electrons. The number of aromatic nitrogens is 8. The number of hydrogen-bond donors (Lipinski definition) is 3. The predicted molar refractivity (Wildman–Crippen MR) is 238 cm³/mol. The minimum absolute atomic E-state index is 0.00981. The maximum absolute atomic E-state index is 15.5. The van der Waals surface area contributed by atoms with E-state index in [1.54, 1.807) is 19.4 Å². The van der Waals surface area contributed by atoms with Crippen LogP contribution in [0.2, 0.25) is 0 Å². The fourth-order valence-corrected chi connectivity index (χ4v) is 8.50. The van der Waals surface area contributed by atoms with Crippen LogP contribution in [0.5, 0.6) is 5.75 Å². The number of ether oxygens (including phenoxy) is 1. The van der Waals surface area contributed by atoms with E-state index in [-0.39, 0.29) is 53.6 Å². The average Bonchev–Trinajstić information content (AvgIpc) is 4.01. The molecule has 7 rings (SSSR count). The summed E-state index contributed by atoms with van der Waals surface area (Å²) in [5.74, 6) is -0.556. The van der Waals surface area contributed by atoms with E-state index < -0.39 is 21.9 Å². The Morgan fingerprint density at radius 2 is 1.84 bits per heavy atom. The summed E-state index contributed by atoms with van der Waals surface area (Å²) >= 11 is 0. The molecule has 0 aliphatic carbocycles. The molecule has 1 unspecified atom stereocenters. The second-order valence-corrected chi connectivity index (χ2v) is 17.6. The monoisotopic (exact) mass is 889 g/mol. The highest BCUT2D eigenvalue weighted by atomic mass is 32.2. The lowest BCUT2D eigenvalue weighted by atomic mass is 10.1. The van der Waals surface area contributed by atoms with Crippen molar-refractivity contribution in [3.05, 3.63) is 71.4 Å². The van der Waals surface area contributed by atoms with Gasteiger partial charge in [0, 0.05) is 77.7 Å². The zero-order valence-electron chi connectivity index (χ0n) is 36.7. The quantitative estimate of drug-likeness (QED) is 0.109. The third kappa shape index (κ3) is 10.4. The lowest BCUT2D eigenvalue weighted by molar-refractivity contribution is -0.121. The van der Waals surface area contributed by atoms with Crippen molar-refractivity contribution in [3.8, 4) is 17.0 Å². The second kappa shape index (κ2) is 20.3. The molecule has 1 fully saturated rings. The van der Waals surface area contributed by atoms with E-state index in [0.717, 1.165) is 37.9 Å². The molecule has 1 amide bonds. The molecule has 0 saturated carbocycles. The molecule has 5 heterocycles. The van der Waals surface area contributed by atoms with Crippen molar-refractivity contribution in [2.45, 2.75) is 70.4 Å². The summed E-state index contributed by atoms with van der Waals surface area (Å²) in [7, 11) is 0.687. The molecule has 6 aromatic rings. The standard InChI is InChI=1S/C39H48FN13O6S.C3H8/c1-25(2)59-36-35(26-21-43-44-22-26)42-24-52-37(36)46-38(47-52)45-31-10-9-29(20-30(31)40)60(57,58)48(4)13-6-14-50-15-17-51(18-16-50)27-7-11-32-33(19-27)49(5)39(56)53(32)28(23-54)8-12-34(55)41-3;1-3-2/h7,9-11,19-25,28H,6,8,12-18H2,1-5H3,(H,41,55)(H,43,44)(H,45,47);3H2,1-2H3. The van der Waals surface area contributed by atoms with Gasteiger partial charge < -0.3 is 25.1 Å². The number of halogens is 1. The maximum Gasteiger partial charge on any atom is 0.329 e. The number of carbonyl (C=O) groups is 2. The highest BCUT2D eigenvalue weighted by Crippen LogP contribution is 2.33. The van der Waals surface area contributed by atoms with Crippen LogP contribution in [0.4, 0.5) is 21.7 Å². The number of rotatable bonds is 17. The molecule has 1 aliphatic rings. The zero-order valence-corrected chi connectivity index (χ0v) is 37.5. The summed E-state index contributed by atoms with van der Waals surface area (Å²) in [6.45, 7) is 11.8. The zero-order chi connectivity index (χ0) is 45.4. The summed E-state index contributed by atoms with van der Waals surface area (Å²) in [5, 5.41) is 16.5. The Morgan fingerprint density at radius 1 is 1.10 bits per heavy atom. The van der Waals surface area contributed by atoms with Crippen LogP contribution in [0.15, 0.2) is 64.8 Å². The largest absolute Gasteiger partial charge is 0.485 e. The lowest BCUT2D eigenvalue weighted by Gasteiger charge is -2.36. The molecule has 3 N–H and O–H groups in total. The normalized spacial score (nSPS) is 14.0. The maximum atomic E-state index is 15.5. The van der Waals surface area contributed by atoms with Gasteiger partial charge in [-0.15, -0.1) is 5.10 Å². The second-order valence-electron chi connectivity index (χ2n) is 15.6. The number of sulfonamides is 1. The first-order valence-corrected chi connectivity index (χ1v) is 22.4. The van der Waals surface area contributed by atoms with Crippen molar-refractivity contribution in [3.63, 3.8) is 0 Å². The molecule has 1 saturated heterocycles. The van der Waals surface area contributed by atoms with Crippen molar-refractivity contribution in [2.75, 3.05) is 63.6 Å². The number of anilines is 3. The van der Waals surface area contributed by atoms with Gasteiger partial charge in [-0.3, -0.25) is 23.9 Å². The van der Waals surface area contributed by atoms with E-state index >= 15 is 4.39 Å². The smallest absolute Gasteiger partial charge is 0.329 e. The molecule has 1 atom stereocenters. The molecule has 4 aromatic heterocycles. The van der Waals surface area contributed by atoms with Crippen molar-refractivity contribution in [2.24, 2.45) is 7.05 Å². The Hall–Kier alpha value is -6.19. The number of piperazine rings is 1. The van der Waals surface area contributed by atoms with Crippen LogP contribution in [0.25, 0.3) is 27.9 Å². The van der Waals surface area contributed by atoms with Crippen LogP contribution in [-0.4, -0.2) is 128 Å². The summed E-state index contributed by atoms with van der Waals surface area (Å²) in [4.78, 5) is 50.2. The molecule has 19 nitrogen and oxygen atoms in total. The first-order valence-electron chi connectivity index (χ1n) is 21.0. The van der Waals surface area contributed by atoms with Crippen LogP contribution in [0.1, 0.15) is 59.4 Å². The van der Waals surface area contributed by atoms with Gasteiger partial charge in [0.15, 0.2) is 5.75 Å². The highest BCUT2D eigenvalue weighted by Gasteiger charge is 2.26. The van der Waals surface area contributed by atoms with Gasteiger partial charge in [-0.25, -0.2) is 26.9 Å². The lowest BCUT2D eigenvalue weighted by Crippen LogP contribution is -2.47. The SMILES string of the molecule is CCC.CNC(=O)CCC(C=O)n1c(=O)n(C)c2cc(N3CCN(CCCN(C)S(=O)(=O)c4ccc(Nc5nc6c(OC(C)C)c(-c7cn[nH]c7)ncn6n5)c(F)c4)CC3)ccc21. The van der Waals surface area contributed by atoms with E-state index in [1.807, 2.05) is 32.0 Å². The number of aryl methyl sites for hydroxylation is 1. The number of nitrogens with zero attached hydrogens (tertiary/aromatic N) is 10. The first kappa shape index (κ1) is 46.3. The van der Waals surface area contributed by atoms with Crippen LogP contribution >= 0.6 is 0 Å². The van der Waals surface area contributed by atoms with Gasteiger partial charge in [0.25, 0.3) is 0 Å². The molecule has 0 radical (unpaired) electrons. The van der Waals surface area contributed by atoms with E-state index in [2.05, 4.69) is 59.5 Å². The van der Waals surface area contributed by atoms with E-state index in [1.165, 1.54) is 56.9 Å². The number of H-pyrrole nitrogens is 1. The number of aldehydes is 1. The third-order valence-corrected chi connectivity index (χ3v) is 12.4. The summed E-state index contributed by atoms with van der Waals surface area (Å²) < 4.78 is 54.1.